The Morgan fingerprint density at radius 3 is 2.03 bits per heavy atom. The van der Waals surface area contributed by atoms with E-state index in [4.69, 9.17) is 23.2 Å². The molecule has 1 aromatic heterocycles. The Balaban J connectivity index is 1.21. The van der Waals surface area contributed by atoms with Gasteiger partial charge in [-0.3, -0.25) is 9.78 Å². The van der Waals surface area contributed by atoms with Crippen LogP contribution in [0.2, 0.25) is 10.0 Å². The number of rotatable bonds is 5. The highest BCUT2D eigenvalue weighted by Gasteiger charge is 2.33. The lowest BCUT2D eigenvalue weighted by molar-refractivity contribution is 0.0580. The third-order valence-corrected chi connectivity index (χ3v) is 8.44. The molecule has 2 saturated heterocycles. The maximum atomic E-state index is 13.0. The number of para-hydroxylation sites is 1. The van der Waals surface area contributed by atoms with Gasteiger partial charge in [0.1, 0.15) is 0 Å². The zero-order valence-electron chi connectivity index (χ0n) is 20.0. The molecule has 0 bridgehead atoms. The molecule has 3 heterocycles. The van der Waals surface area contributed by atoms with Crippen molar-refractivity contribution in [2.45, 2.75) is 37.8 Å². The Bertz CT molecular complexity index is 1160. The minimum atomic E-state index is -0.0995. The topological polar surface area (TPSA) is 39.7 Å². The predicted molar refractivity (Wildman–Crippen MR) is 151 cm³/mol. The van der Waals surface area contributed by atoms with E-state index in [1.54, 1.807) is 0 Å². The van der Waals surface area contributed by atoms with Gasteiger partial charge in [0.05, 0.1) is 15.6 Å². The van der Waals surface area contributed by atoms with Crippen LogP contribution in [0.25, 0.3) is 0 Å². The zero-order chi connectivity index (χ0) is 25.1. The second-order valence-corrected chi connectivity index (χ2v) is 11.2. The molecule has 0 aliphatic carbocycles. The molecule has 2 fully saturated rings. The summed E-state index contributed by atoms with van der Waals surface area (Å²) >= 11 is 16.0. The lowest BCUT2D eigenvalue weighted by atomic mass is 9.96. The predicted octanol–water partition coefficient (Wildman–Crippen LogP) is 7.06. The van der Waals surface area contributed by atoms with E-state index in [2.05, 4.69) is 85.3 Å². The molecular weight excluding hydrogens is 559 g/mol. The van der Waals surface area contributed by atoms with Gasteiger partial charge < -0.3 is 14.7 Å². The number of piperidine rings is 2. The second-order valence-electron chi connectivity index (χ2n) is 9.45. The number of carbonyl (C=O) groups excluding carboxylic acids is 1. The Morgan fingerprint density at radius 1 is 0.833 bits per heavy atom. The summed E-state index contributed by atoms with van der Waals surface area (Å²) in [6.45, 7) is 3.55. The van der Waals surface area contributed by atoms with Crippen LogP contribution in [0, 0.1) is 0 Å². The van der Waals surface area contributed by atoms with Crippen LogP contribution in [0.4, 0.5) is 11.4 Å². The summed E-state index contributed by atoms with van der Waals surface area (Å²) in [5, 5.41) is 0.621. The van der Waals surface area contributed by atoms with Gasteiger partial charge >= 0.3 is 0 Å². The Morgan fingerprint density at radius 2 is 1.42 bits per heavy atom. The molecule has 36 heavy (non-hydrogen) atoms. The van der Waals surface area contributed by atoms with Crippen molar-refractivity contribution in [3.05, 3.63) is 87.1 Å². The summed E-state index contributed by atoms with van der Waals surface area (Å²) in [5.41, 5.74) is 2.82. The second kappa shape index (κ2) is 11.5. The number of amides is 1. The number of hydrogen-bond acceptors (Lipinski definition) is 4. The lowest BCUT2D eigenvalue weighted by Gasteiger charge is -2.44. The summed E-state index contributed by atoms with van der Waals surface area (Å²) < 4.78 is 1.09. The highest BCUT2D eigenvalue weighted by Crippen LogP contribution is 2.34. The molecule has 0 spiro atoms. The SMILES string of the molecule is O=C(c1c(Cl)cncc1Cl)N1CCC(N2CCC(N(c3ccccc3)c3ccc(Br)cc3)CC2)CC1. The minimum absolute atomic E-state index is 0.0995. The first-order valence-corrected chi connectivity index (χ1v) is 14.0. The number of anilines is 2. The molecule has 188 valence electrons. The van der Waals surface area contributed by atoms with Crippen molar-refractivity contribution >= 4 is 56.4 Å². The smallest absolute Gasteiger partial charge is 0.257 e. The number of pyridine rings is 1. The normalized spacial score (nSPS) is 17.8. The minimum Gasteiger partial charge on any atom is -0.338 e. The molecule has 5 nitrogen and oxygen atoms in total. The standard InChI is InChI=1S/C28H29BrCl2N4O/c29-20-6-8-23(9-7-20)35(22-4-2-1-3-5-22)24-12-14-33(15-13-24)21-10-16-34(17-11-21)28(36)27-25(30)18-32-19-26(27)31/h1-9,18-19,21,24H,10-17H2. The molecule has 8 heteroatoms. The van der Waals surface area contributed by atoms with Gasteiger partial charge in [-0.1, -0.05) is 57.3 Å². The van der Waals surface area contributed by atoms with E-state index < -0.39 is 0 Å². The third-order valence-electron chi connectivity index (χ3n) is 7.34. The molecular formula is C28H29BrCl2N4O. The molecule has 2 aromatic carbocycles. The van der Waals surface area contributed by atoms with E-state index in [0.717, 1.165) is 43.2 Å². The van der Waals surface area contributed by atoms with Crippen molar-refractivity contribution in [3.8, 4) is 0 Å². The number of nitrogens with zero attached hydrogens (tertiary/aromatic N) is 4. The largest absolute Gasteiger partial charge is 0.338 e. The summed E-state index contributed by atoms with van der Waals surface area (Å²) in [7, 11) is 0. The molecule has 0 N–H and O–H groups in total. The van der Waals surface area contributed by atoms with Crippen molar-refractivity contribution in [1.29, 1.82) is 0 Å². The quantitative estimate of drug-likeness (QED) is 0.320. The van der Waals surface area contributed by atoms with Crippen LogP contribution < -0.4 is 4.90 Å². The van der Waals surface area contributed by atoms with Crippen molar-refractivity contribution in [3.63, 3.8) is 0 Å². The first-order chi connectivity index (χ1) is 17.5. The van der Waals surface area contributed by atoms with Crippen LogP contribution in [0.3, 0.4) is 0 Å². The van der Waals surface area contributed by atoms with Crippen LogP contribution in [-0.4, -0.2) is 59.0 Å². The van der Waals surface area contributed by atoms with Gasteiger partial charge in [0.2, 0.25) is 0 Å². The van der Waals surface area contributed by atoms with Crippen LogP contribution in [-0.2, 0) is 0 Å². The van der Waals surface area contributed by atoms with E-state index in [-0.39, 0.29) is 5.91 Å². The molecule has 5 rings (SSSR count). The van der Waals surface area contributed by atoms with E-state index in [9.17, 15) is 4.79 Å². The molecule has 0 radical (unpaired) electrons. The number of hydrogen-bond donors (Lipinski definition) is 0. The van der Waals surface area contributed by atoms with Gasteiger partial charge in [-0.15, -0.1) is 0 Å². The van der Waals surface area contributed by atoms with E-state index in [1.807, 2.05) is 4.90 Å². The van der Waals surface area contributed by atoms with Crippen LogP contribution in [0.15, 0.2) is 71.5 Å². The molecule has 0 unspecified atom stereocenters. The summed E-state index contributed by atoms with van der Waals surface area (Å²) in [6, 6.07) is 20.2. The molecule has 2 aliphatic heterocycles. The zero-order valence-corrected chi connectivity index (χ0v) is 23.1. The van der Waals surface area contributed by atoms with E-state index in [1.165, 1.54) is 23.8 Å². The van der Waals surface area contributed by atoms with Gasteiger partial charge in [0.15, 0.2) is 0 Å². The maximum Gasteiger partial charge on any atom is 0.257 e. The monoisotopic (exact) mass is 586 g/mol. The summed E-state index contributed by atoms with van der Waals surface area (Å²) in [5.74, 6) is -0.0995. The molecule has 0 saturated carbocycles. The molecule has 0 atom stereocenters. The highest BCUT2D eigenvalue weighted by molar-refractivity contribution is 9.10. The fourth-order valence-corrected chi connectivity index (χ4v) is 6.27. The van der Waals surface area contributed by atoms with E-state index in [0.29, 0.717) is 40.8 Å². The average molecular weight is 588 g/mol. The fraction of sp³-hybridized carbons (Fsp3) is 0.357. The number of benzene rings is 2. The fourth-order valence-electron chi connectivity index (χ4n) is 5.48. The number of carbonyl (C=O) groups is 1. The van der Waals surface area contributed by atoms with Crippen molar-refractivity contribution in [2.75, 3.05) is 31.1 Å². The Hall–Kier alpha value is -2.12. The van der Waals surface area contributed by atoms with Gasteiger partial charge in [0.25, 0.3) is 5.91 Å². The van der Waals surface area contributed by atoms with Crippen LogP contribution >= 0.6 is 39.1 Å². The van der Waals surface area contributed by atoms with Crippen LogP contribution in [0.5, 0.6) is 0 Å². The van der Waals surface area contributed by atoms with Crippen LogP contribution in [0.1, 0.15) is 36.0 Å². The van der Waals surface area contributed by atoms with E-state index >= 15 is 0 Å². The summed E-state index contributed by atoms with van der Waals surface area (Å²) in [4.78, 5) is 24.0. The number of aromatic nitrogens is 1. The average Bonchev–Trinajstić information content (AvgIpc) is 2.91. The maximum absolute atomic E-state index is 13.0. The van der Waals surface area contributed by atoms with Gasteiger partial charge in [-0.25, -0.2) is 0 Å². The van der Waals surface area contributed by atoms with Crippen molar-refractivity contribution in [1.82, 2.24) is 14.8 Å². The summed E-state index contributed by atoms with van der Waals surface area (Å²) in [6.07, 6.45) is 7.09. The Labute approximate surface area is 231 Å². The third kappa shape index (κ3) is 5.57. The lowest BCUT2D eigenvalue weighted by Crippen LogP contribution is -2.51. The molecule has 2 aliphatic rings. The number of halogens is 3. The van der Waals surface area contributed by atoms with Gasteiger partial charge in [-0.05, 0) is 62.1 Å². The first-order valence-electron chi connectivity index (χ1n) is 12.4. The van der Waals surface area contributed by atoms with Gasteiger partial charge in [0, 0.05) is 66.5 Å². The molecule has 1 amide bonds. The first kappa shape index (κ1) is 25.5. The van der Waals surface area contributed by atoms with Gasteiger partial charge in [-0.2, -0.15) is 0 Å². The molecule has 3 aromatic rings. The van der Waals surface area contributed by atoms with Crippen molar-refractivity contribution < 1.29 is 4.79 Å². The van der Waals surface area contributed by atoms with Crippen molar-refractivity contribution in [2.24, 2.45) is 0 Å². The number of likely N-dealkylation sites (tertiary alicyclic amines) is 2. The highest BCUT2D eigenvalue weighted by atomic mass is 79.9. The Kier molecular flexibility index (Phi) is 8.16.